The highest BCUT2D eigenvalue weighted by Gasteiger charge is 2.33. The first-order chi connectivity index (χ1) is 18.1. The second-order valence-corrected chi connectivity index (χ2v) is 8.36. The van der Waals surface area contributed by atoms with E-state index in [4.69, 9.17) is 19.3 Å². The van der Waals surface area contributed by atoms with E-state index in [2.05, 4.69) is 15.4 Å². The first kappa shape index (κ1) is 24.0. The number of rotatable bonds is 8. The first-order valence-electron chi connectivity index (χ1n) is 11.7. The molecule has 37 heavy (non-hydrogen) atoms. The molecule has 5 rings (SSSR count). The van der Waals surface area contributed by atoms with Crippen molar-refractivity contribution in [1.29, 1.82) is 0 Å². The molecule has 4 aromatic rings. The lowest BCUT2D eigenvalue weighted by Crippen LogP contribution is -2.31. The number of hydrogen-bond donors (Lipinski definition) is 0. The summed E-state index contributed by atoms with van der Waals surface area (Å²) in [4.78, 5) is 14.7. The molecule has 1 aromatic heterocycles. The summed E-state index contributed by atoms with van der Waals surface area (Å²) in [6.07, 6.45) is 0.587. The molecule has 0 saturated carbocycles. The predicted molar refractivity (Wildman–Crippen MR) is 137 cm³/mol. The topological polar surface area (TPSA) is 104 Å². The summed E-state index contributed by atoms with van der Waals surface area (Å²) in [6.45, 7) is -0.113. The van der Waals surface area contributed by atoms with Crippen LogP contribution in [0.2, 0.25) is 0 Å². The monoisotopic (exact) mass is 498 g/mol. The molecule has 0 radical (unpaired) electrons. The van der Waals surface area contributed by atoms with Crippen LogP contribution in [0, 0.1) is 0 Å². The summed E-state index contributed by atoms with van der Waals surface area (Å²) in [5, 5.41) is 18.8. The summed E-state index contributed by atoms with van der Waals surface area (Å²) in [5.74, 6) is 2.02. The molecule has 0 spiro atoms. The van der Waals surface area contributed by atoms with E-state index in [9.17, 15) is 4.79 Å². The Morgan fingerprint density at radius 2 is 1.65 bits per heavy atom. The highest BCUT2D eigenvalue weighted by molar-refractivity contribution is 6.03. The van der Waals surface area contributed by atoms with Gasteiger partial charge < -0.3 is 14.2 Å². The lowest BCUT2D eigenvalue weighted by atomic mass is 9.98. The third-order valence-corrected chi connectivity index (χ3v) is 6.14. The van der Waals surface area contributed by atoms with E-state index in [0.29, 0.717) is 29.3 Å². The fourth-order valence-electron chi connectivity index (χ4n) is 4.23. The Morgan fingerprint density at radius 3 is 2.35 bits per heavy atom. The average Bonchev–Trinajstić information content (AvgIpc) is 3.61. The van der Waals surface area contributed by atoms with Gasteiger partial charge in [0.25, 0.3) is 5.91 Å². The molecule has 0 fully saturated rings. The Kier molecular flexibility index (Phi) is 6.80. The fraction of sp³-hybridized carbons (Fsp3) is 0.222. The SMILES string of the molecule is COc1ccc([C@H]2CC(c3ccccc3)=NN2C(=O)Cn2nnc(-c3ccc(OC)c(OC)c3)n2)cc1. The van der Waals surface area contributed by atoms with Crippen LogP contribution >= 0.6 is 0 Å². The van der Waals surface area contributed by atoms with Gasteiger partial charge in [0.1, 0.15) is 12.3 Å². The van der Waals surface area contributed by atoms with Crippen molar-refractivity contribution in [2.45, 2.75) is 19.0 Å². The van der Waals surface area contributed by atoms with Gasteiger partial charge in [0.15, 0.2) is 11.5 Å². The quantitative estimate of drug-likeness (QED) is 0.364. The Balaban J connectivity index is 1.39. The van der Waals surface area contributed by atoms with Crippen molar-refractivity contribution in [3.63, 3.8) is 0 Å². The minimum Gasteiger partial charge on any atom is -0.497 e. The lowest BCUT2D eigenvalue weighted by Gasteiger charge is -2.22. The zero-order valence-corrected chi connectivity index (χ0v) is 20.7. The number of carbonyl (C=O) groups excluding carboxylic acids is 1. The Bertz CT molecular complexity index is 1420. The van der Waals surface area contributed by atoms with Gasteiger partial charge in [-0.3, -0.25) is 4.79 Å². The van der Waals surface area contributed by atoms with Crippen LogP contribution < -0.4 is 14.2 Å². The number of tetrazole rings is 1. The van der Waals surface area contributed by atoms with Crippen molar-refractivity contribution in [2.24, 2.45) is 5.10 Å². The summed E-state index contributed by atoms with van der Waals surface area (Å²) in [6, 6.07) is 22.6. The molecular weight excluding hydrogens is 472 g/mol. The van der Waals surface area contributed by atoms with Crippen molar-refractivity contribution < 1.29 is 19.0 Å². The van der Waals surface area contributed by atoms with E-state index in [0.717, 1.165) is 22.6 Å². The molecule has 1 atom stereocenters. The van der Waals surface area contributed by atoms with Crippen molar-refractivity contribution >= 4 is 11.6 Å². The van der Waals surface area contributed by atoms with E-state index < -0.39 is 0 Å². The van der Waals surface area contributed by atoms with E-state index in [-0.39, 0.29) is 18.5 Å². The minimum absolute atomic E-state index is 0.113. The van der Waals surface area contributed by atoms with Crippen LogP contribution in [-0.4, -0.2) is 58.2 Å². The Morgan fingerprint density at radius 1 is 0.892 bits per heavy atom. The Labute approximate surface area is 214 Å². The van der Waals surface area contributed by atoms with Gasteiger partial charge in [0.05, 0.1) is 33.1 Å². The molecule has 0 bridgehead atoms. The number of ether oxygens (including phenoxy) is 3. The number of nitrogens with zero attached hydrogens (tertiary/aromatic N) is 6. The second-order valence-electron chi connectivity index (χ2n) is 8.36. The lowest BCUT2D eigenvalue weighted by molar-refractivity contribution is -0.134. The predicted octanol–water partition coefficient (Wildman–Crippen LogP) is 3.74. The van der Waals surface area contributed by atoms with Gasteiger partial charge in [-0.05, 0) is 46.7 Å². The molecule has 10 nitrogen and oxygen atoms in total. The van der Waals surface area contributed by atoms with Gasteiger partial charge >= 0.3 is 0 Å². The maximum absolute atomic E-state index is 13.5. The van der Waals surface area contributed by atoms with Crippen LogP contribution in [0.25, 0.3) is 11.4 Å². The van der Waals surface area contributed by atoms with Crippen LogP contribution in [0.3, 0.4) is 0 Å². The zero-order valence-electron chi connectivity index (χ0n) is 20.7. The first-order valence-corrected chi connectivity index (χ1v) is 11.7. The van der Waals surface area contributed by atoms with Gasteiger partial charge in [-0.15, -0.1) is 10.2 Å². The summed E-state index contributed by atoms with van der Waals surface area (Å²) < 4.78 is 15.9. The number of hydrogen-bond acceptors (Lipinski definition) is 8. The molecule has 2 heterocycles. The number of carbonyl (C=O) groups is 1. The van der Waals surface area contributed by atoms with Crippen LogP contribution in [-0.2, 0) is 11.3 Å². The third kappa shape index (κ3) is 4.99. The van der Waals surface area contributed by atoms with Crippen LogP contribution in [0.5, 0.6) is 17.2 Å². The number of benzene rings is 3. The Hall–Kier alpha value is -4.73. The molecule has 10 heteroatoms. The highest BCUT2D eigenvalue weighted by atomic mass is 16.5. The summed E-state index contributed by atoms with van der Waals surface area (Å²) >= 11 is 0. The van der Waals surface area contributed by atoms with Crippen LogP contribution in [0.15, 0.2) is 77.9 Å². The van der Waals surface area contributed by atoms with Gasteiger partial charge in [-0.1, -0.05) is 42.5 Å². The largest absolute Gasteiger partial charge is 0.497 e. The number of hydrazone groups is 1. The van der Waals surface area contributed by atoms with E-state index in [1.807, 2.05) is 54.6 Å². The van der Waals surface area contributed by atoms with Crippen LogP contribution in [0.1, 0.15) is 23.6 Å². The maximum Gasteiger partial charge on any atom is 0.266 e. The molecule has 1 aliphatic rings. The summed E-state index contributed by atoms with van der Waals surface area (Å²) in [7, 11) is 4.75. The molecule has 3 aromatic carbocycles. The third-order valence-electron chi connectivity index (χ3n) is 6.14. The fourth-order valence-corrected chi connectivity index (χ4v) is 4.23. The van der Waals surface area contributed by atoms with Gasteiger partial charge in [-0.25, -0.2) is 5.01 Å². The molecule has 1 aliphatic heterocycles. The van der Waals surface area contributed by atoms with E-state index >= 15 is 0 Å². The normalized spacial score (nSPS) is 14.8. The molecule has 188 valence electrons. The van der Waals surface area contributed by atoms with Crippen LogP contribution in [0.4, 0.5) is 0 Å². The minimum atomic E-state index is -0.262. The van der Waals surface area contributed by atoms with Gasteiger partial charge in [-0.2, -0.15) is 9.90 Å². The number of aromatic nitrogens is 4. The highest BCUT2D eigenvalue weighted by Crippen LogP contribution is 2.34. The molecule has 0 saturated heterocycles. The van der Waals surface area contributed by atoms with Gasteiger partial charge in [0, 0.05) is 12.0 Å². The summed E-state index contributed by atoms with van der Waals surface area (Å²) in [5.41, 5.74) is 3.47. The molecular formula is C27H26N6O4. The maximum atomic E-state index is 13.5. The van der Waals surface area contributed by atoms with Crippen molar-refractivity contribution in [3.8, 4) is 28.6 Å². The average molecular weight is 499 g/mol. The molecule has 0 aliphatic carbocycles. The van der Waals surface area contributed by atoms with E-state index in [1.54, 1.807) is 39.5 Å². The van der Waals surface area contributed by atoms with Crippen molar-refractivity contribution in [1.82, 2.24) is 25.2 Å². The number of amides is 1. The zero-order chi connectivity index (χ0) is 25.8. The molecule has 0 N–H and O–H groups in total. The smallest absolute Gasteiger partial charge is 0.266 e. The molecule has 0 unspecified atom stereocenters. The second kappa shape index (κ2) is 10.5. The van der Waals surface area contributed by atoms with Gasteiger partial charge in [0.2, 0.25) is 5.82 Å². The molecule has 1 amide bonds. The van der Waals surface area contributed by atoms with Crippen molar-refractivity contribution in [2.75, 3.05) is 21.3 Å². The van der Waals surface area contributed by atoms with Crippen molar-refractivity contribution in [3.05, 3.63) is 83.9 Å². The number of methoxy groups -OCH3 is 3. The van der Waals surface area contributed by atoms with E-state index in [1.165, 1.54) is 9.81 Å². The standard InChI is InChI=1S/C27H26N6O4/c1-35-21-12-9-19(10-13-21)23-16-22(18-7-5-4-6-8-18)29-33(23)26(34)17-32-30-27(28-31-32)20-11-14-24(36-2)25(15-20)37-3/h4-15,23H,16-17H2,1-3H3/t23-/m1/s1.